The molecular formula is C12H20N2O. The Labute approximate surface area is 91.3 Å². The molecule has 1 aromatic rings. The Balaban J connectivity index is 2.12. The van der Waals surface area contributed by atoms with Crippen molar-refractivity contribution in [2.75, 3.05) is 0 Å². The highest BCUT2D eigenvalue weighted by Crippen LogP contribution is 2.41. The standard InChI is InChI=1S/C12H20N2O/c1-3-9(2)10-6-4-5-7-11(10)12-13-8-15-14-12/h8-11H,3-7H2,1-2H3. The first-order chi connectivity index (χ1) is 7.33. The predicted molar refractivity (Wildman–Crippen MR) is 58.5 cm³/mol. The van der Waals surface area contributed by atoms with Crippen LogP contribution in [0.4, 0.5) is 0 Å². The second-order valence-corrected chi connectivity index (χ2v) is 4.73. The van der Waals surface area contributed by atoms with Gasteiger partial charge < -0.3 is 4.52 Å². The molecule has 0 saturated heterocycles. The Morgan fingerprint density at radius 3 is 2.93 bits per heavy atom. The summed E-state index contributed by atoms with van der Waals surface area (Å²) in [5, 5.41) is 4.02. The lowest BCUT2D eigenvalue weighted by molar-refractivity contribution is 0.211. The monoisotopic (exact) mass is 208 g/mol. The van der Waals surface area contributed by atoms with Gasteiger partial charge in [-0.25, -0.2) is 0 Å². The van der Waals surface area contributed by atoms with Crippen molar-refractivity contribution in [3.63, 3.8) is 0 Å². The number of aromatic nitrogens is 2. The third-order valence-corrected chi connectivity index (χ3v) is 3.90. The molecule has 0 amide bonds. The maximum absolute atomic E-state index is 4.87. The highest BCUT2D eigenvalue weighted by Gasteiger charge is 2.32. The Hall–Kier alpha value is -0.860. The van der Waals surface area contributed by atoms with Crippen LogP contribution >= 0.6 is 0 Å². The lowest BCUT2D eigenvalue weighted by atomic mass is 9.72. The molecule has 3 nitrogen and oxygen atoms in total. The molecule has 0 spiro atoms. The van der Waals surface area contributed by atoms with Crippen molar-refractivity contribution in [1.29, 1.82) is 0 Å². The zero-order valence-corrected chi connectivity index (χ0v) is 9.65. The van der Waals surface area contributed by atoms with Gasteiger partial charge in [-0.3, -0.25) is 0 Å². The minimum atomic E-state index is 0.535. The SMILES string of the molecule is CCC(C)C1CCCCC1c1ncon1. The molecule has 0 N–H and O–H groups in total. The van der Waals surface area contributed by atoms with Crippen molar-refractivity contribution in [1.82, 2.24) is 10.1 Å². The van der Waals surface area contributed by atoms with Gasteiger partial charge in [-0.2, -0.15) is 4.98 Å². The summed E-state index contributed by atoms with van der Waals surface area (Å²) in [6, 6.07) is 0. The molecule has 2 rings (SSSR count). The Kier molecular flexibility index (Phi) is 3.39. The van der Waals surface area contributed by atoms with E-state index in [2.05, 4.69) is 24.0 Å². The van der Waals surface area contributed by atoms with Crippen LogP contribution in [-0.4, -0.2) is 10.1 Å². The summed E-state index contributed by atoms with van der Waals surface area (Å²) in [5.74, 6) is 2.99. The summed E-state index contributed by atoms with van der Waals surface area (Å²) in [4.78, 5) is 4.23. The highest BCUT2D eigenvalue weighted by atomic mass is 16.5. The molecule has 1 aliphatic rings. The van der Waals surface area contributed by atoms with E-state index >= 15 is 0 Å². The molecule has 3 atom stereocenters. The molecule has 0 bridgehead atoms. The molecule has 84 valence electrons. The first-order valence-electron chi connectivity index (χ1n) is 6.09. The first-order valence-corrected chi connectivity index (χ1v) is 6.09. The number of hydrogen-bond acceptors (Lipinski definition) is 3. The molecule has 1 fully saturated rings. The van der Waals surface area contributed by atoms with Crippen LogP contribution in [0, 0.1) is 11.8 Å². The lowest BCUT2D eigenvalue weighted by Gasteiger charge is -2.33. The molecule has 1 saturated carbocycles. The summed E-state index contributed by atoms with van der Waals surface area (Å²) in [7, 11) is 0. The van der Waals surface area contributed by atoms with Crippen LogP contribution < -0.4 is 0 Å². The van der Waals surface area contributed by atoms with Gasteiger partial charge in [-0.05, 0) is 24.7 Å². The summed E-state index contributed by atoms with van der Waals surface area (Å²) in [6.07, 6.45) is 7.94. The van der Waals surface area contributed by atoms with E-state index in [1.807, 2.05) is 0 Å². The lowest BCUT2D eigenvalue weighted by Crippen LogP contribution is -2.24. The molecule has 1 heterocycles. The maximum atomic E-state index is 4.87. The van der Waals surface area contributed by atoms with Crippen LogP contribution in [0.1, 0.15) is 57.7 Å². The van der Waals surface area contributed by atoms with E-state index in [9.17, 15) is 0 Å². The molecular weight excluding hydrogens is 188 g/mol. The molecule has 0 radical (unpaired) electrons. The highest BCUT2D eigenvalue weighted by molar-refractivity contribution is 4.98. The normalized spacial score (nSPS) is 28.9. The van der Waals surface area contributed by atoms with Gasteiger partial charge in [0.1, 0.15) is 0 Å². The van der Waals surface area contributed by atoms with Gasteiger partial charge in [-0.1, -0.05) is 38.3 Å². The van der Waals surface area contributed by atoms with Gasteiger partial charge in [0, 0.05) is 5.92 Å². The van der Waals surface area contributed by atoms with Gasteiger partial charge in [0.2, 0.25) is 6.39 Å². The Bertz CT molecular complexity index is 284. The molecule has 3 unspecified atom stereocenters. The first kappa shape index (κ1) is 10.7. The van der Waals surface area contributed by atoms with Crippen molar-refractivity contribution in [2.45, 2.75) is 51.9 Å². The van der Waals surface area contributed by atoms with Crippen LogP contribution in [0.15, 0.2) is 10.9 Å². The van der Waals surface area contributed by atoms with E-state index in [0.29, 0.717) is 5.92 Å². The fourth-order valence-corrected chi connectivity index (χ4v) is 2.81. The summed E-state index contributed by atoms with van der Waals surface area (Å²) in [5.41, 5.74) is 0. The van der Waals surface area contributed by atoms with E-state index in [0.717, 1.165) is 17.7 Å². The average Bonchev–Trinajstić information content (AvgIpc) is 2.81. The summed E-state index contributed by atoms with van der Waals surface area (Å²) < 4.78 is 4.87. The quantitative estimate of drug-likeness (QED) is 0.764. The van der Waals surface area contributed by atoms with Crippen LogP contribution in [0.5, 0.6) is 0 Å². The van der Waals surface area contributed by atoms with E-state index < -0.39 is 0 Å². The second-order valence-electron chi connectivity index (χ2n) is 4.73. The van der Waals surface area contributed by atoms with Crippen molar-refractivity contribution in [2.24, 2.45) is 11.8 Å². The number of nitrogens with zero attached hydrogens (tertiary/aromatic N) is 2. The summed E-state index contributed by atoms with van der Waals surface area (Å²) >= 11 is 0. The van der Waals surface area contributed by atoms with E-state index in [-0.39, 0.29) is 0 Å². The topological polar surface area (TPSA) is 38.9 Å². The van der Waals surface area contributed by atoms with Gasteiger partial charge in [0.05, 0.1) is 0 Å². The predicted octanol–water partition coefficient (Wildman–Crippen LogP) is 3.39. The smallest absolute Gasteiger partial charge is 0.213 e. The van der Waals surface area contributed by atoms with Crippen molar-refractivity contribution < 1.29 is 4.52 Å². The third-order valence-electron chi connectivity index (χ3n) is 3.90. The second kappa shape index (κ2) is 4.77. The Morgan fingerprint density at radius 1 is 1.47 bits per heavy atom. The Morgan fingerprint density at radius 2 is 2.27 bits per heavy atom. The third kappa shape index (κ3) is 2.21. The van der Waals surface area contributed by atoms with Gasteiger partial charge in [-0.15, -0.1) is 0 Å². The van der Waals surface area contributed by atoms with Crippen molar-refractivity contribution in [3.8, 4) is 0 Å². The molecule has 3 heteroatoms. The van der Waals surface area contributed by atoms with Crippen molar-refractivity contribution >= 4 is 0 Å². The molecule has 0 aliphatic heterocycles. The fraction of sp³-hybridized carbons (Fsp3) is 0.833. The van der Waals surface area contributed by atoms with E-state index in [4.69, 9.17) is 4.52 Å². The minimum Gasteiger partial charge on any atom is -0.343 e. The van der Waals surface area contributed by atoms with Crippen molar-refractivity contribution in [3.05, 3.63) is 12.2 Å². The van der Waals surface area contributed by atoms with Crippen LogP contribution in [0.25, 0.3) is 0 Å². The van der Waals surface area contributed by atoms with Crippen LogP contribution in [0.2, 0.25) is 0 Å². The summed E-state index contributed by atoms with van der Waals surface area (Å²) in [6.45, 7) is 4.62. The molecule has 1 aromatic heterocycles. The fourth-order valence-electron chi connectivity index (χ4n) is 2.81. The molecule has 1 aliphatic carbocycles. The zero-order chi connectivity index (χ0) is 10.7. The molecule has 0 aromatic carbocycles. The average molecular weight is 208 g/mol. The zero-order valence-electron chi connectivity index (χ0n) is 9.65. The van der Waals surface area contributed by atoms with Gasteiger partial charge in [0.15, 0.2) is 5.82 Å². The number of hydrogen-bond donors (Lipinski definition) is 0. The number of rotatable bonds is 3. The van der Waals surface area contributed by atoms with Crippen LogP contribution in [0.3, 0.4) is 0 Å². The molecule has 15 heavy (non-hydrogen) atoms. The van der Waals surface area contributed by atoms with Crippen LogP contribution in [-0.2, 0) is 0 Å². The van der Waals surface area contributed by atoms with Gasteiger partial charge in [0.25, 0.3) is 0 Å². The largest absolute Gasteiger partial charge is 0.343 e. The maximum Gasteiger partial charge on any atom is 0.213 e. The van der Waals surface area contributed by atoms with E-state index in [1.54, 1.807) is 0 Å². The minimum absolute atomic E-state index is 0.535. The van der Waals surface area contributed by atoms with E-state index in [1.165, 1.54) is 38.5 Å². The van der Waals surface area contributed by atoms with Gasteiger partial charge >= 0.3 is 0 Å².